The number of imidazole rings is 1. The molecule has 44 heavy (non-hydrogen) atoms. The number of fused-ring (bicyclic) bond motifs is 1. The maximum atomic E-state index is 13.6. The van der Waals surface area contributed by atoms with Gasteiger partial charge in [-0.2, -0.15) is 8.42 Å². The first-order chi connectivity index (χ1) is 21.3. The number of aromatic amines is 1. The molecule has 1 aliphatic heterocycles. The van der Waals surface area contributed by atoms with Gasteiger partial charge in [0.1, 0.15) is 4.90 Å². The number of hydrogen-bond acceptors (Lipinski definition) is 6. The van der Waals surface area contributed by atoms with Crippen molar-refractivity contribution in [2.45, 2.75) is 10.1 Å². The number of H-pyrrole nitrogens is 1. The normalized spacial score (nSPS) is 13.7. The first-order valence-electron chi connectivity index (χ1n) is 14.0. The molecule has 2 amide bonds. The summed E-state index contributed by atoms with van der Waals surface area (Å²) in [5.74, 6) is -0.334. The first kappa shape index (κ1) is 29.7. The molecule has 0 atom stereocenters. The van der Waals surface area contributed by atoms with E-state index in [1.54, 1.807) is 66.7 Å². The highest BCUT2D eigenvalue weighted by Gasteiger charge is 2.32. The number of carbonyl (C=O) groups is 2. The number of piperazine rings is 1. The monoisotopic (exact) mass is 646 g/mol. The van der Waals surface area contributed by atoms with Gasteiger partial charge in [0, 0.05) is 37.6 Å². The fourth-order valence-electron chi connectivity index (χ4n) is 5.12. The highest BCUT2D eigenvalue weighted by molar-refractivity contribution is 8.00. The molecule has 0 unspecified atom stereocenters. The second kappa shape index (κ2) is 12.7. The number of rotatable bonds is 8. The summed E-state index contributed by atoms with van der Waals surface area (Å²) in [6.07, 6.45) is 0. The summed E-state index contributed by atoms with van der Waals surface area (Å²) in [5.41, 5.74) is 3.29. The number of para-hydroxylation sites is 2. The third-order valence-electron chi connectivity index (χ3n) is 7.36. The second-order valence-corrected chi connectivity index (χ2v) is 13.3. The number of aromatic nitrogens is 2. The Morgan fingerprint density at radius 3 is 2.23 bits per heavy atom. The average molecular weight is 647 g/mol. The van der Waals surface area contributed by atoms with Gasteiger partial charge < -0.3 is 15.1 Å². The number of benzene rings is 4. The molecule has 12 heteroatoms. The van der Waals surface area contributed by atoms with E-state index in [1.165, 1.54) is 3.97 Å². The number of amides is 2. The van der Waals surface area contributed by atoms with Crippen molar-refractivity contribution in [1.29, 1.82) is 0 Å². The van der Waals surface area contributed by atoms with Gasteiger partial charge in [-0.3, -0.25) is 9.59 Å². The van der Waals surface area contributed by atoms with E-state index in [9.17, 15) is 18.0 Å². The van der Waals surface area contributed by atoms with E-state index in [0.717, 1.165) is 17.4 Å². The minimum absolute atomic E-state index is 0.000300. The van der Waals surface area contributed by atoms with Gasteiger partial charge in [0.2, 0.25) is 5.91 Å². The van der Waals surface area contributed by atoms with Gasteiger partial charge in [-0.05, 0) is 72.4 Å². The van der Waals surface area contributed by atoms with Crippen molar-refractivity contribution in [2.24, 2.45) is 0 Å². The van der Waals surface area contributed by atoms with Crippen molar-refractivity contribution in [1.82, 2.24) is 9.88 Å². The van der Waals surface area contributed by atoms with E-state index in [1.807, 2.05) is 41.3 Å². The molecule has 1 saturated heterocycles. The fraction of sp³-hybridized carbons (Fsp3) is 0.156. The van der Waals surface area contributed by atoms with Crippen molar-refractivity contribution >= 4 is 67.6 Å². The van der Waals surface area contributed by atoms with Crippen LogP contribution in [0.25, 0.3) is 11.0 Å². The Labute approximate surface area is 264 Å². The zero-order valence-corrected chi connectivity index (χ0v) is 25.9. The minimum atomic E-state index is -3.90. The molecule has 2 N–H and O–H groups in total. The van der Waals surface area contributed by atoms with Crippen molar-refractivity contribution in [3.8, 4) is 0 Å². The lowest BCUT2D eigenvalue weighted by molar-refractivity contribution is -0.526. The zero-order valence-electron chi connectivity index (χ0n) is 23.5. The lowest BCUT2D eigenvalue weighted by Crippen LogP contribution is -2.48. The minimum Gasteiger partial charge on any atom is -0.368 e. The van der Waals surface area contributed by atoms with E-state index < -0.39 is 10.0 Å². The van der Waals surface area contributed by atoms with Crippen LogP contribution in [-0.4, -0.2) is 62.0 Å². The SMILES string of the molecule is O=C(CSc1[nH]c2ccccc2[n+]1S(=O)(=O)c1ccccc1)Nc1ccc(N2CCN(C(=O)c3ccccc3Cl)CC2)cc1. The van der Waals surface area contributed by atoms with Gasteiger partial charge in [-0.15, -0.1) is 3.97 Å². The number of hydrogen-bond donors (Lipinski definition) is 2. The molecule has 0 aliphatic carbocycles. The van der Waals surface area contributed by atoms with Crippen molar-refractivity contribution < 1.29 is 22.0 Å². The van der Waals surface area contributed by atoms with Crippen LogP contribution in [0.1, 0.15) is 10.4 Å². The topological polar surface area (TPSA) is 106 Å². The number of carbonyl (C=O) groups excluding carboxylic acids is 2. The first-order valence-corrected chi connectivity index (χ1v) is 16.8. The molecule has 9 nitrogen and oxygen atoms in total. The predicted molar refractivity (Wildman–Crippen MR) is 173 cm³/mol. The third-order valence-corrected chi connectivity index (χ3v) is 10.5. The van der Waals surface area contributed by atoms with Gasteiger partial charge in [-0.1, -0.05) is 54.1 Å². The Morgan fingerprint density at radius 1 is 0.841 bits per heavy atom. The number of nitrogens with zero attached hydrogens (tertiary/aromatic N) is 3. The summed E-state index contributed by atoms with van der Waals surface area (Å²) in [5, 5.41) is 3.69. The van der Waals surface area contributed by atoms with Crippen molar-refractivity contribution in [3.05, 3.63) is 114 Å². The lowest BCUT2D eigenvalue weighted by atomic mass is 10.1. The summed E-state index contributed by atoms with van der Waals surface area (Å²) in [4.78, 5) is 33.1. The van der Waals surface area contributed by atoms with Crippen LogP contribution in [0.15, 0.2) is 113 Å². The Balaban J connectivity index is 1.08. The number of anilines is 2. The Morgan fingerprint density at radius 2 is 1.50 bits per heavy atom. The van der Waals surface area contributed by atoms with Crippen LogP contribution in [0.5, 0.6) is 0 Å². The van der Waals surface area contributed by atoms with Crippen LogP contribution in [0.3, 0.4) is 0 Å². The highest BCUT2D eigenvalue weighted by atomic mass is 35.5. The average Bonchev–Trinajstić information content (AvgIpc) is 3.44. The van der Waals surface area contributed by atoms with Gasteiger partial charge >= 0.3 is 15.2 Å². The standard InChI is InChI=1S/C32H28ClN5O4S2/c33-27-11-5-4-10-26(27)31(40)37-20-18-36(19-21-37)24-16-14-23(15-17-24)34-30(39)22-43-32-35-28-12-6-7-13-29(28)38(32)44(41,42)25-8-2-1-3-9-25/h1-17H,18-22H2,(H,34,39)/p+1. The summed E-state index contributed by atoms with van der Waals surface area (Å²) >= 11 is 7.33. The van der Waals surface area contributed by atoms with Crippen LogP contribution in [-0.2, 0) is 14.8 Å². The molecule has 4 aromatic carbocycles. The molecule has 0 bridgehead atoms. The molecule has 0 spiro atoms. The van der Waals surface area contributed by atoms with Crippen LogP contribution >= 0.6 is 23.4 Å². The van der Waals surface area contributed by atoms with Crippen molar-refractivity contribution in [3.63, 3.8) is 0 Å². The second-order valence-electron chi connectivity index (χ2n) is 10.2. The molecule has 224 valence electrons. The predicted octanol–water partition coefficient (Wildman–Crippen LogP) is 5.04. The van der Waals surface area contributed by atoms with Gasteiger partial charge in [-0.25, -0.2) is 4.98 Å². The zero-order chi connectivity index (χ0) is 30.7. The third kappa shape index (κ3) is 6.17. The summed E-state index contributed by atoms with van der Waals surface area (Å²) < 4.78 is 28.4. The maximum absolute atomic E-state index is 13.6. The Bertz CT molecular complexity index is 1920. The van der Waals surface area contributed by atoms with Crippen LogP contribution in [0.2, 0.25) is 5.02 Å². The number of nitrogens with one attached hydrogen (secondary N) is 2. The number of halogens is 1. The molecular formula is C32H29ClN5O4S2+. The summed E-state index contributed by atoms with van der Waals surface area (Å²) in [6, 6.07) is 30.0. The molecular weight excluding hydrogens is 618 g/mol. The van der Waals surface area contributed by atoms with Crippen LogP contribution < -0.4 is 14.2 Å². The van der Waals surface area contributed by atoms with Gasteiger partial charge in [0.15, 0.2) is 11.0 Å². The van der Waals surface area contributed by atoms with E-state index in [0.29, 0.717) is 58.6 Å². The largest absolute Gasteiger partial charge is 0.368 e. The Hall–Kier alpha value is -4.32. The van der Waals surface area contributed by atoms with E-state index in [-0.39, 0.29) is 22.5 Å². The molecule has 1 aromatic heterocycles. The molecule has 5 aromatic rings. The van der Waals surface area contributed by atoms with Gasteiger partial charge in [0.25, 0.3) is 5.91 Å². The molecule has 6 rings (SSSR count). The Kier molecular flexibility index (Phi) is 8.60. The van der Waals surface area contributed by atoms with Gasteiger partial charge in [0.05, 0.1) is 16.3 Å². The summed E-state index contributed by atoms with van der Waals surface area (Å²) in [6.45, 7) is 2.50. The molecule has 0 radical (unpaired) electrons. The lowest BCUT2D eigenvalue weighted by Gasteiger charge is -2.36. The van der Waals surface area contributed by atoms with E-state index in [4.69, 9.17) is 11.6 Å². The van der Waals surface area contributed by atoms with E-state index >= 15 is 0 Å². The molecule has 0 saturated carbocycles. The van der Waals surface area contributed by atoms with Crippen molar-refractivity contribution in [2.75, 3.05) is 42.1 Å². The maximum Gasteiger partial charge on any atom is 0.336 e. The summed E-state index contributed by atoms with van der Waals surface area (Å²) in [7, 11) is -3.90. The van der Waals surface area contributed by atoms with Crippen LogP contribution in [0.4, 0.5) is 11.4 Å². The quantitative estimate of drug-likeness (QED) is 0.181. The molecule has 1 aliphatic rings. The van der Waals surface area contributed by atoms with Crippen LogP contribution in [0, 0.1) is 0 Å². The molecule has 1 fully saturated rings. The van der Waals surface area contributed by atoms with E-state index in [2.05, 4.69) is 15.2 Å². The molecule has 2 heterocycles. The highest BCUT2D eigenvalue weighted by Crippen LogP contribution is 2.24. The smallest absolute Gasteiger partial charge is 0.336 e. The fourth-order valence-corrected chi connectivity index (χ4v) is 7.92. The number of thioether (sulfide) groups is 1.